The van der Waals surface area contributed by atoms with Gasteiger partial charge in [0.2, 0.25) is 0 Å². The zero-order chi connectivity index (χ0) is 50.5. The number of hydrogen-bond acceptors (Lipinski definition) is 4. The van der Waals surface area contributed by atoms with Crippen LogP contribution in [-0.2, 0) is 53.6 Å². The molecule has 1 aliphatic rings. The van der Waals surface area contributed by atoms with Crippen LogP contribution in [0.5, 0.6) is 11.5 Å². The Hall–Kier alpha value is -5.64. The van der Waals surface area contributed by atoms with Crippen molar-refractivity contribution in [2.45, 2.75) is 150 Å². The topological polar surface area (TPSA) is 33.5 Å². The van der Waals surface area contributed by atoms with Gasteiger partial charge in [-0.2, -0.15) is 0 Å². The molecule has 6 heteroatoms. The van der Waals surface area contributed by atoms with Gasteiger partial charge in [0, 0.05) is 45.7 Å². The van der Waals surface area contributed by atoms with Crippen LogP contribution in [0, 0.1) is 26.2 Å². The van der Waals surface area contributed by atoms with Crippen LogP contribution in [0.1, 0.15) is 157 Å². The number of para-hydroxylation sites is 1. The second-order valence-electron chi connectivity index (χ2n) is 25.3. The number of aromatic nitrogens is 2. The summed E-state index contributed by atoms with van der Waals surface area (Å²) in [5.41, 5.74) is 14.2. The van der Waals surface area contributed by atoms with E-state index in [2.05, 4.69) is 272 Å². The number of nitrogens with zero attached hydrogens (tertiary/aromatic N) is 4. The third-order valence-electron chi connectivity index (χ3n) is 14.3. The average molecular weight is 1140 g/mol. The minimum atomic E-state index is -0.217. The number of pyridine rings is 1. The Bertz CT molecular complexity index is 3270. The molecule has 0 aliphatic carbocycles. The van der Waals surface area contributed by atoms with Crippen molar-refractivity contribution in [1.82, 2.24) is 9.55 Å². The zero-order valence-electron chi connectivity index (χ0n) is 46.2. The number of hydrogen-bond donors (Lipinski definition) is 0. The number of benzene rings is 6. The van der Waals surface area contributed by atoms with Gasteiger partial charge in [0.05, 0.1) is 0 Å². The molecule has 0 unspecified atom stereocenters. The van der Waals surface area contributed by atoms with Crippen molar-refractivity contribution in [3.63, 3.8) is 0 Å². The maximum Gasteiger partial charge on any atom is 4.00 e. The van der Waals surface area contributed by atoms with Gasteiger partial charge in [-0.25, -0.2) is 4.98 Å². The van der Waals surface area contributed by atoms with Gasteiger partial charge in [0.25, 0.3) is 0 Å². The molecular weight excluding hydrogens is 1060 g/mol. The van der Waals surface area contributed by atoms with Crippen LogP contribution in [0.15, 0.2) is 128 Å². The summed E-state index contributed by atoms with van der Waals surface area (Å²) >= 11 is 0. The maximum atomic E-state index is 7.16. The molecule has 0 saturated carbocycles. The number of ether oxygens (including phenoxy) is 1. The molecule has 0 atom stereocenters. The molecular formula is C66H76N4OPt. The predicted molar refractivity (Wildman–Crippen MR) is 303 cm³/mol. The first-order valence-corrected chi connectivity index (χ1v) is 25.1. The van der Waals surface area contributed by atoms with Gasteiger partial charge in [-0.3, -0.25) is 0 Å². The van der Waals surface area contributed by atoms with E-state index in [-0.39, 0.29) is 61.0 Å². The van der Waals surface area contributed by atoms with E-state index in [4.69, 9.17) is 9.72 Å². The van der Waals surface area contributed by atoms with Crippen LogP contribution >= 0.6 is 0 Å². The van der Waals surface area contributed by atoms with Gasteiger partial charge in [0.1, 0.15) is 5.82 Å². The van der Waals surface area contributed by atoms with Crippen molar-refractivity contribution in [2.24, 2.45) is 0 Å². The van der Waals surface area contributed by atoms with Gasteiger partial charge in [-0.05, 0) is 103 Å². The summed E-state index contributed by atoms with van der Waals surface area (Å²) in [7, 11) is 0. The van der Waals surface area contributed by atoms with Gasteiger partial charge in [-0.1, -0.05) is 189 Å². The number of rotatable bonds is 7. The van der Waals surface area contributed by atoms with Crippen molar-refractivity contribution in [3.05, 3.63) is 193 Å². The molecule has 0 saturated heterocycles. The fraction of sp³-hybridized carbons (Fsp3) is 0.348. The van der Waals surface area contributed by atoms with E-state index in [1.54, 1.807) is 0 Å². The molecule has 2 aromatic heterocycles. The van der Waals surface area contributed by atoms with Gasteiger partial charge in [0.15, 0.2) is 0 Å². The number of fused-ring (bicyclic) bond motifs is 4. The summed E-state index contributed by atoms with van der Waals surface area (Å²) in [5, 5.41) is 2.33. The summed E-state index contributed by atoms with van der Waals surface area (Å²) in [5.74, 6) is 2.13. The summed E-state index contributed by atoms with van der Waals surface area (Å²) in [4.78, 5) is 9.70. The third kappa shape index (κ3) is 10.2. The van der Waals surface area contributed by atoms with E-state index in [9.17, 15) is 0 Å². The van der Waals surface area contributed by atoms with Gasteiger partial charge < -0.3 is 26.5 Å². The molecule has 5 nitrogen and oxygen atoms in total. The first kappa shape index (κ1) is 54.1. The Morgan fingerprint density at radius 2 is 1.06 bits per heavy atom. The van der Waals surface area contributed by atoms with Crippen molar-refractivity contribution >= 4 is 44.6 Å². The van der Waals surface area contributed by atoms with Crippen molar-refractivity contribution in [1.29, 1.82) is 0 Å². The van der Waals surface area contributed by atoms with Crippen molar-refractivity contribution < 1.29 is 25.8 Å². The summed E-state index contributed by atoms with van der Waals surface area (Å²) in [6, 6.07) is 52.1. The van der Waals surface area contributed by atoms with Crippen LogP contribution < -0.4 is 14.5 Å². The van der Waals surface area contributed by atoms with E-state index in [0.29, 0.717) is 11.5 Å². The van der Waals surface area contributed by atoms with Gasteiger partial charge >= 0.3 is 21.1 Å². The second kappa shape index (κ2) is 19.0. The maximum absolute atomic E-state index is 7.16. The smallest absolute Gasteiger partial charge is 0.509 e. The van der Waals surface area contributed by atoms with E-state index >= 15 is 0 Å². The van der Waals surface area contributed by atoms with Crippen molar-refractivity contribution in [2.75, 3.05) is 9.80 Å². The largest absolute Gasteiger partial charge is 4.00 e. The summed E-state index contributed by atoms with van der Waals surface area (Å²) < 4.78 is 9.43. The quantitative estimate of drug-likeness (QED) is 0.149. The van der Waals surface area contributed by atoms with Crippen molar-refractivity contribution in [3.8, 4) is 17.3 Å². The van der Waals surface area contributed by atoms with E-state index in [0.717, 1.165) is 50.6 Å². The minimum Gasteiger partial charge on any atom is -0.509 e. The third-order valence-corrected chi connectivity index (χ3v) is 14.3. The molecule has 1 aliphatic heterocycles. The Morgan fingerprint density at radius 3 is 1.67 bits per heavy atom. The molecule has 3 heterocycles. The molecule has 72 heavy (non-hydrogen) atoms. The molecule has 6 aromatic carbocycles. The van der Waals surface area contributed by atoms with E-state index < -0.39 is 0 Å². The molecule has 0 radical (unpaired) electrons. The van der Waals surface area contributed by atoms with Gasteiger partial charge in [-0.15, -0.1) is 53.8 Å². The number of anilines is 4. The minimum absolute atomic E-state index is 0. The molecule has 0 spiro atoms. The van der Waals surface area contributed by atoms with Crippen LogP contribution in [0.4, 0.5) is 22.7 Å². The van der Waals surface area contributed by atoms with Crippen LogP contribution in [0.3, 0.4) is 0 Å². The fourth-order valence-corrected chi connectivity index (χ4v) is 10.1. The fourth-order valence-electron chi connectivity index (χ4n) is 10.1. The summed E-state index contributed by atoms with van der Waals surface area (Å²) in [6.07, 6.45) is 1.93. The van der Waals surface area contributed by atoms with Crippen LogP contribution in [-0.4, -0.2) is 9.55 Å². The molecule has 0 bridgehead atoms. The molecule has 0 fully saturated rings. The second-order valence-corrected chi connectivity index (χ2v) is 25.3. The first-order chi connectivity index (χ1) is 32.6. The molecule has 0 N–H and O–H groups in total. The van der Waals surface area contributed by atoms with E-state index in [1.807, 2.05) is 6.20 Å². The zero-order valence-corrected chi connectivity index (χ0v) is 48.5. The predicted octanol–water partition coefficient (Wildman–Crippen LogP) is 18.2. The normalized spacial score (nSPS) is 13.6. The molecule has 0 amide bonds. The molecule has 8 aromatic rings. The standard InChI is InChI=1S/C65H73N4O.CH3.Pt/c1-60(2,3)43-30-31-66-58(35-43)69-54-29-22-21-28-50(54)59-53(64(13,14)15)37-49(38-57(59)69)70-48-34-45(61(4,5)6)33-47(36-48)68-41-67(55-39-51(62(7,8)9)52(40-56(55)68)63(10,11)12)46-27-23-26-44(32-46)65(16,17)42-24-19-18-20-25-42;;/h18-35,37,39-41H,1-17H3;1H3;/q-3;-1;+4. The average Bonchev–Trinajstić information content (AvgIpc) is 3.83. The first-order valence-electron chi connectivity index (χ1n) is 25.1. The Kier molecular flexibility index (Phi) is 14.3. The van der Waals surface area contributed by atoms with Crippen LogP contribution in [0.2, 0.25) is 0 Å². The monoisotopic (exact) mass is 1140 g/mol. The Balaban J connectivity index is 0.00000380. The Labute approximate surface area is 447 Å². The molecule has 376 valence electrons. The Morgan fingerprint density at radius 1 is 0.486 bits per heavy atom. The SMILES string of the molecule is CC(C)(C)c1cc(Oc2[c-]c3c(c(C(C)(C)C)c2)c2ccccc2n3-c2cc(C(C)(C)C)ccn2)[c-]c(N2[CH-]N(c3cccc(C(C)(C)c4ccccc4)c3)c3cc(C(C)(C)C)c(C(C)(C)C)cc32)c1.[CH3-].[Pt+4]. The molecule has 9 rings (SSSR count). The summed E-state index contributed by atoms with van der Waals surface area (Å²) in [6.45, 7) is 41.3. The van der Waals surface area contributed by atoms with E-state index in [1.165, 1.54) is 38.8 Å². The van der Waals surface area contributed by atoms with Crippen LogP contribution in [0.25, 0.3) is 27.6 Å².